The smallest absolute Gasteiger partial charge is 0.261 e. The van der Waals surface area contributed by atoms with Crippen molar-refractivity contribution in [2.24, 2.45) is 0 Å². The van der Waals surface area contributed by atoms with Gasteiger partial charge in [0.1, 0.15) is 0 Å². The monoisotopic (exact) mass is 390 g/mol. The Morgan fingerprint density at radius 2 is 1.64 bits per heavy atom. The molecule has 1 aliphatic rings. The van der Waals surface area contributed by atoms with Crippen LogP contribution in [0.2, 0.25) is 0 Å². The van der Waals surface area contributed by atoms with Crippen molar-refractivity contribution in [3.8, 4) is 0 Å². The zero-order chi connectivity index (χ0) is 19.7. The number of nitrogens with one attached hydrogen (secondary N) is 2. The fourth-order valence-electron chi connectivity index (χ4n) is 3.04. The average molecular weight is 390 g/mol. The second-order valence-electron chi connectivity index (χ2n) is 6.60. The van der Waals surface area contributed by atoms with E-state index in [1.807, 2.05) is 37.3 Å². The highest BCUT2D eigenvalue weighted by atomic mass is 32.2. The van der Waals surface area contributed by atoms with Crippen molar-refractivity contribution in [2.45, 2.75) is 11.8 Å². The number of hydrogen-bond acceptors (Lipinski definition) is 3. The Morgan fingerprint density at radius 3 is 2.36 bits per heavy atom. The van der Waals surface area contributed by atoms with Crippen molar-refractivity contribution < 1.29 is 13.2 Å². The number of hydrogen-bond donors (Lipinski definition) is 2. The summed E-state index contributed by atoms with van der Waals surface area (Å²) in [5, 5.41) is 2.81. The van der Waals surface area contributed by atoms with Gasteiger partial charge in [-0.05, 0) is 48.9 Å². The SMILES string of the molecule is Cc1ccc(S(=O)(=O)Nc2ccc3c(c2)/C(=C\c2ccccc2)C(=O)N3)cc1. The second-order valence-corrected chi connectivity index (χ2v) is 8.28. The van der Waals surface area contributed by atoms with E-state index in [2.05, 4.69) is 10.0 Å². The number of anilines is 2. The quantitative estimate of drug-likeness (QED) is 0.653. The number of fused-ring (bicyclic) bond motifs is 1. The molecule has 0 saturated carbocycles. The standard InChI is InChI=1S/C22H18N2O3S/c1-15-7-10-18(11-8-15)28(26,27)24-17-9-12-21-19(14-17)20(22(25)23-21)13-16-5-3-2-4-6-16/h2-14,24H,1H3,(H,23,25)/b20-13+. The number of rotatable bonds is 4. The second kappa shape index (κ2) is 6.98. The van der Waals surface area contributed by atoms with Crippen LogP contribution < -0.4 is 10.0 Å². The van der Waals surface area contributed by atoms with Crippen molar-refractivity contribution in [3.05, 3.63) is 89.5 Å². The van der Waals surface area contributed by atoms with Crippen molar-refractivity contribution in [1.29, 1.82) is 0 Å². The highest BCUT2D eigenvalue weighted by molar-refractivity contribution is 7.92. The van der Waals surface area contributed by atoms with Gasteiger partial charge in [-0.15, -0.1) is 0 Å². The zero-order valence-electron chi connectivity index (χ0n) is 15.1. The summed E-state index contributed by atoms with van der Waals surface area (Å²) in [5.74, 6) is -0.211. The van der Waals surface area contributed by atoms with Crippen LogP contribution in [0.15, 0.2) is 77.7 Å². The normalized spacial score (nSPS) is 14.6. The molecule has 0 spiro atoms. The van der Waals surface area contributed by atoms with Gasteiger partial charge in [-0.3, -0.25) is 9.52 Å². The molecule has 3 aromatic carbocycles. The zero-order valence-corrected chi connectivity index (χ0v) is 16.0. The van der Waals surface area contributed by atoms with Crippen molar-refractivity contribution >= 4 is 39.0 Å². The Balaban J connectivity index is 1.68. The topological polar surface area (TPSA) is 75.3 Å². The van der Waals surface area contributed by atoms with E-state index in [0.717, 1.165) is 11.1 Å². The third kappa shape index (κ3) is 3.54. The lowest BCUT2D eigenvalue weighted by molar-refractivity contribution is -0.110. The molecule has 3 aromatic rings. The Labute approximate surface area is 163 Å². The number of carbonyl (C=O) groups is 1. The minimum Gasteiger partial charge on any atom is -0.321 e. The highest BCUT2D eigenvalue weighted by Gasteiger charge is 2.25. The molecule has 1 heterocycles. The summed E-state index contributed by atoms with van der Waals surface area (Å²) in [4.78, 5) is 12.6. The Hall–Kier alpha value is -3.38. The van der Waals surface area contributed by atoms with Gasteiger partial charge in [-0.25, -0.2) is 8.42 Å². The lowest BCUT2D eigenvalue weighted by atomic mass is 10.0. The van der Waals surface area contributed by atoms with E-state index in [0.29, 0.717) is 22.5 Å². The summed E-state index contributed by atoms with van der Waals surface area (Å²) in [7, 11) is -3.71. The van der Waals surface area contributed by atoms with Crippen LogP contribution in [0.25, 0.3) is 11.6 Å². The van der Waals surface area contributed by atoms with Crippen LogP contribution in [0.5, 0.6) is 0 Å². The van der Waals surface area contributed by atoms with E-state index >= 15 is 0 Å². The molecule has 4 rings (SSSR count). The van der Waals surface area contributed by atoms with Gasteiger partial charge in [-0.2, -0.15) is 0 Å². The van der Waals surface area contributed by atoms with E-state index in [1.54, 1.807) is 48.5 Å². The van der Waals surface area contributed by atoms with Crippen LogP contribution in [-0.2, 0) is 14.8 Å². The fraction of sp³-hybridized carbons (Fsp3) is 0.0455. The van der Waals surface area contributed by atoms with Gasteiger partial charge in [0, 0.05) is 22.5 Å². The first-order chi connectivity index (χ1) is 13.4. The minimum absolute atomic E-state index is 0.188. The minimum atomic E-state index is -3.71. The summed E-state index contributed by atoms with van der Waals surface area (Å²) in [6.07, 6.45) is 1.79. The average Bonchev–Trinajstić information content (AvgIpc) is 2.98. The van der Waals surface area contributed by atoms with Crippen molar-refractivity contribution in [1.82, 2.24) is 0 Å². The molecular weight excluding hydrogens is 372 g/mol. The van der Waals surface area contributed by atoms with Crippen LogP contribution in [-0.4, -0.2) is 14.3 Å². The number of amides is 1. The highest BCUT2D eigenvalue weighted by Crippen LogP contribution is 2.35. The number of carbonyl (C=O) groups excluding carboxylic acids is 1. The van der Waals surface area contributed by atoms with Gasteiger partial charge in [0.15, 0.2) is 0 Å². The van der Waals surface area contributed by atoms with Gasteiger partial charge < -0.3 is 5.32 Å². The van der Waals surface area contributed by atoms with E-state index < -0.39 is 10.0 Å². The molecule has 0 unspecified atom stereocenters. The van der Waals surface area contributed by atoms with Gasteiger partial charge in [-0.1, -0.05) is 48.0 Å². The molecule has 0 bridgehead atoms. The first-order valence-electron chi connectivity index (χ1n) is 8.74. The number of benzene rings is 3. The van der Waals surface area contributed by atoms with Gasteiger partial charge in [0.05, 0.1) is 4.90 Å². The first kappa shape index (κ1) is 18.0. The van der Waals surface area contributed by atoms with Crippen molar-refractivity contribution in [3.63, 3.8) is 0 Å². The maximum absolute atomic E-state index is 12.6. The number of aryl methyl sites for hydroxylation is 1. The van der Waals surface area contributed by atoms with Gasteiger partial charge >= 0.3 is 0 Å². The third-order valence-electron chi connectivity index (χ3n) is 4.50. The van der Waals surface area contributed by atoms with E-state index in [1.165, 1.54) is 0 Å². The number of sulfonamides is 1. The molecule has 1 amide bonds. The first-order valence-corrected chi connectivity index (χ1v) is 10.2. The largest absolute Gasteiger partial charge is 0.321 e. The predicted octanol–water partition coefficient (Wildman–Crippen LogP) is 4.29. The van der Waals surface area contributed by atoms with E-state index in [9.17, 15) is 13.2 Å². The van der Waals surface area contributed by atoms with Crippen LogP contribution >= 0.6 is 0 Å². The summed E-state index contributed by atoms with van der Waals surface area (Å²) in [5.41, 5.74) is 4.10. The Bertz CT molecular complexity index is 1180. The molecule has 0 aromatic heterocycles. The molecular formula is C22H18N2O3S. The summed E-state index contributed by atoms with van der Waals surface area (Å²) in [6, 6.07) is 21.1. The van der Waals surface area contributed by atoms with Crippen LogP contribution in [0.3, 0.4) is 0 Å². The van der Waals surface area contributed by atoms with E-state index in [4.69, 9.17) is 0 Å². The summed E-state index contributed by atoms with van der Waals surface area (Å²) < 4.78 is 27.9. The third-order valence-corrected chi connectivity index (χ3v) is 5.89. The maximum Gasteiger partial charge on any atom is 0.261 e. The molecule has 28 heavy (non-hydrogen) atoms. The Kier molecular flexibility index (Phi) is 4.49. The predicted molar refractivity (Wildman–Crippen MR) is 111 cm³/mol. The Morgan fingerprint density at radius 1 is 0.929 bits per heavy atom. The molecule has 0 saturated heterocycles. The van der Waals surface area contributed by atoms with Crippen LogP contribution in [0.1, 0.15) is 16.7 Å². The summed E-state index contributed by atoms with van der Waals surface area (Å²) in [6.45, 7) is 1.90. The fourth-order valence-corrected chi connectivity index (χ4v) is 4.09. The molecule has 0 aliphatic carbocycles. The molecule has 5 nitrogen and oxygen atoms in total. The molecule has 140 valence electrons. The van der Waals surface area contributed by atoms with Crippen LogP contribution in [0.4, 0.5) is 11.4 Å². The lowest BCUT2D eigenvalue weighted by Crippen LogP contribution is -2.13. The molecule has 2 N–H and O–H groups in total. The molecule has 0 atom stereocenters. The van der Waals surface area contributed by atoms with Crippen LogP contribution in [0, 0.1) is 6.92 Å². The lowest BCUT2D eigenvalue weighted by Gasteiger charge is -2.10. The van der Waals surface area contributed by atoms with Gasteiger partial charge in [0.25, 0.3) is 15.9 Å². The molecule has 6 heteroatoms. The van der Waals surface area contributed by atoms with Crippen molar-refractivity contribution in [2.75, 3.05) is 10.0 Å². The van der Waals surface area contributed by atoms with E-state index in [-0.39, 0.29) is 10.8 Å². The van der Waals surface area contributed by atoms with Gasteiger partial charge in [0.2, 0.25) is 0 Å². The molecule has 0 radical (unpaired) electrons. The molecule has 0 fully saturated rings. The maximum atomic E-state index is 12.6. The molecule has 1 aliphatic heterocycles. The summed E-state index contributed by atoms with van der Waals surface area (Å²) >= 11 is 0.